The Bertz CT molecular complexity index is 1080. The van der Waals surface area contributed by atoms with E-state index in [4.69, 9.17) is 29.2 Å². The summed E-state index contributed by atoms with van der Waals surface area (Å²) in [7, 11) is 0. The van der Waals surface area contributed by atoms with E-state index in [9.17, 15) is 35.1 Å². The Labute approximate surface area is 209 Å². The van der Waals surface area contributed by atoms with Gasteiger partial charge in [0.1, 0.15) is 24.6 Å². The molecule has 37 heavy (non-hydrogen) atoms. The lowest BCUT2D eigenvalue weighted by atomic mass is 9.91. The number of aromatic hydroxyl groups is 1. The van der Waals surface area contributed by atoms with E-state index in [1.807, 2.05) is 0 Å². The Hall–Kier alpha value is -3.82. The normalized spacial score (nSPS) is 23.0. The second-order valence-corrected chi connectivity index (χ2v) is 7.92. The minimum Gasteiger partial charge on any atom is -0.508 e. The van der Waals surface area contributed by atoms with E-state index < -0.39 is 66.3 Å². The fourth-order valence-corrected chi connectivity index (χ4v) is 3.69. The van der Waals surface area contributed by atoms with Crippen molar-refractivity contribution in [1.29, 1.82) is 0 Å². The summed E-state index contributed by atoms with van der Waals surface area (Å²) in [6, 6.07) is 6.47. The van der Waals surface area contributed by atoms with Gasteiger partial charge in [0.15, 0.2) is 11.9 Å². The number of hydrogen-bond donors (Lipinski definition) is 6. The molecule has 14 heteroatoms. The Balaban J connectivity index is 1.67. The first-order valence-corrected chi connectivity index (χ1v) is 10.9. The fourth-order valence-electron chi connectivity index (χ4n) is 3.69. The van der Waals surface area contributed by atoms with Crippen LogP contribution >= 0.6 is 0 Å². The summed E-state index contributed by atoms with van der Waals surface area (Å²) in [5.41, 5.74) is -1.52. The van der Waals surface area contributed by atoms with Crippen LogP contribution in [0.1, 0.15) is 12.0 Å². The Morgan fingerprint density at radius 3 is 2.54 bits per heavy atom. The summed E-state index contributed by atoms with van der Waals surface area (Å²) in [5, 5.41) is 59.1. The van der Waals surface area contributed by atoms with Crippen LogP contribution in [0.2, 0.25) is 0 Å². The largest absolute Gasteiger partial charge is 0.508 e. The number of benzene rings is 1. The molecule has 2 heterocycles. The number of esters is 2. The molecule has 4 atom stereocenters. The number of hydrogen-bond acceptors (Lipinski definition) is 14. The molecule has 0 saturated carbocycles. The maximum atomic E-state index is 12.1. The summed E-state index contributed by atoms with van der Waals surface area (Å²) in [4.78, 5) is 37.9. The van der Waals surface area contributed by atoms with Gasteiger partial charge in [0.05, 0.1) is 13.2 Å². The number of rotatable bonds is 14. The first-order chi connectivity index (χ1) is 17.7. The van der Waals surface area contributed by atoms with Crippen molar-refractivity contribution < 1.29 is 69.3 Å². The Kier molecular flexibility index (Phi) is 8.96. The molecule has 3 rings (SSSR count). The number of aliphatic hydroxyl groups excluding tert-OH is 4. The van der Waals surface area contributed by atoms with Crippen molar-refractivity contribution in [3.8, 4) is 5.75 Å². The van der Waals surface area contributed by atoms with Gasteiger partial charge in [-0.15, -0.1) is 6.58 Å². The molecule has 0 fully saturated rings. The van der Waals surface area contributed by atoms with E-state index in [0.29, 0.717) is 5.56 Å². The zero-order chi connectivity index (χ0) is 27.2. The SMILES string of the molecule is C=CC[C@]1([C@@H](O)CO)OC(=O)C(OO)=C1OOC[C@H](O)[C@H]1OC(=O)C(O)=C1OCCc1ccccc1O. The molecular formula is C23H26O14. The van der Waals surface area contributed by atoms with Crippen LogP contribution in [0.5, 0.6) is 5.75 Å². The van der Waals surface area contributed by atoms with E-state index in [0.717, 1.165) is 0 Å². The third-order valence-corrected chi connectivity index (χ3v) is 5.57. The van der Waals surface area contributed by atoms with E-state index in [1.165, 1.54) is 12.1 Å². The minimum atomic E-state index is -2.06. The highest BCUT2D eigenvalue weighted by Crippen LogP contribution is 2.40. The predicted octanol–water partition coefficient (Wildman–Crippen LogP) is -0.118. The average molecular weight is 526 g/mol. The van der Waals surface area contributed by atoms with E-state index in [-0.39, 0.29) is 31.0 Å². The van der Waals surface area contributed by atoms with Gasteiger partial charge < -0.3 is 49.5 Å². The number of aliphatic hydroxyl groups is 4. The van der Waals surface area contributed by atoms with Gasteiger partial charge >= 0.3 is 11.9 Å². The van der Waals surface area contributed by atoms with Crippen LogP contribution in [0.15, 0.2) is 60.0 Å². The Morgan fingerprint density at radius 2 is 1.89 bits per heavy atom. The molecule has 202 valence electrons. The summed E-state index contributed by atoms with van der Waals surface area (Å²) < 4.78 is 15.4. The van der Waals surface area contributed by atoms with Crippen molar-refractivity contribution in [2.45, 2.75) is 36.8 Å². The molecule has 14 nitrogen and oxygen atoms in total. The van der Waals surface area contributed by atoms with Gasteiger partial charge in [-0.25, -0.2) is 14.8 Å². The molecule has 2 aliphatic rings. The molecule has 0 spiro atoms. The molecule has 0 bridgehead atoms. The second-order valence-electron chi connectivity index (χ2n) is 7.92. The van der Waals surface area contributed by atoms with Gasteiger partial charge in [0.2, 0.25) is 17.1 Å². The van der Waals surface area contributed by atoms with Gasteiger partial charge in [-0.1, -0.05) is 24.3 Å². The van der Waals surface area contributed by atoms with Gasteiger partial charge in [-0.2, -0.15) is 4.89 Å². The summed E-state index contributed by atoms with van der Waals surface area (Å²) in [5.74, 6) is -5.17. The lowest BCUT2D eigenvalue weighted by molar-refractivity contribution is -0.301. The third kappa shape index (κ3) is 5.63. The van der Waals surface area contributed by atoms with Crippen LogP contribution in [-0.2, 0) is 44.9 Å². The lowest BCUT2D eigenvalue weighted by Crippen LogP contribution is -2.47. The van der Waals surface area contributed by atoms with Crippen molar-refractivity contribution in [3.05, 3.63) is 65.5 Å². The molecule has 1 aromatic rings. The van der Waals surface area contributed by atoms with Gasteiger partial charge in [0.25, 0.3) is 5.76 Å². The van der Waals surface area contributed by atoms with Crippen LogP contribution in [0.3, 0.4) is 0 Å². The molecule has 2 aliphatic heterocycles. The number of cyclic esters (lactones) is 2. The van der Waals surface area contributed by atoms with Crippen molar-refractivity contribution in [1.82, 2.24) is 0 Å². The number of carbonyl (C=O) groups excluding carboxylic acids is 2. The minimum absolute atomic E-state index is 0.0268. The second kappa shape index (κ2) is 11.9. The quantitative estimate of drug-likeness (QED) is 0.0808. The average Bonchev–Trinajstić information content (AvgIpc) is 3.32. The highest BCUT2D eigenvalue weighted by molar-refractivity contribution is 5.90. The number of para-hydroxylation sites is 1. The van der Waals surface area contributed by atoms with Crippen molar-refractivity contribution in [2.75, 3.05) is 19.8 Å². The third-order valence-electron chi connectivity index (χ3n) is 5.57. The molecule has 0 aliphatic carbocycles. The summed E-state index contributed by atoms with van der Waals surface area (Å²) in [6.07, 6.45) is -3.79. The standard InChI is InChI=1S/C23H26O14/c1-2-8-23(15(27)10-24)20(19(36-31)22(30)35-23)37-33-11-14(26)17-18(16(28)21(29)34-17)32-9-7-12-5-3-4-6-13(12)25/h2-6,14-15,17,24-28,31H,1,7-11H2/t14-,15-,17+,23+/m0/s1. The molecular weight excluding hydrogens is 500 g/mol. The van der Waals surface area contributed by atoms with Crippen molar-refractivity contribution in [2.24, 2.45) is 0 Å². The van der Waals surface area contributed by atoms with Gasteiger partial charge in [0, 0.05) is 12.8 Å². The van der Waals surface area contributed by atoms with Crippen molar-refractivity contribution >= 4 is 11.9 Å². The van der Waals surface area contributed by atoms with Crippen LogP contribution in [-0.4, -0.2) is 86.5 Å². The van der Waals surface area contributed by atoms with Gasteiger partial charge in [-0.3, -0.25) is 0 Å². The van der Waals surface area contributed by atoms with Crippen LogP contribution in [0.4, 0.5) is 0 Å². The monoisotopic (exact) mass is 526 g/mol. The van der Waals surface area contributed by atoms with Crippen LogP contribution < -0.4 is 0 Å². The highest BCUT2D eigenvalue weighted by atomic mass is 17.2. The maximum Gasteiger partial charge on any atom is 0.382 e. The molecule has 0 aromatic heterocycles. The summed E-state index contributed by atoms with van der Waals surface area (Å²) >= 11 is 0. The number of phenolic OH excluding ortho intramolecular Hbond substituents is 1. The first-order valence-electron chi connectivity index (χ1n) is 10.9. The maximum absolute atomic E-state index is 12.1. The lowest BCUT2D eigenvalue weighted by Gasteiger charge is -2.31. The summed E-state index contributed by atoms with van der Waals surface area (Å²) in [6.45, 7) is 1.73. The molecule has 0 saturated heterocycles. The van der Waals surface area contributed by atoms with Gasteiger partial charge in [-0.05, 0) is 11.6 Å². The fraction of sp³-hybridized carbons (Fsp3) is 0.391. The van der Waals surface area contributed by atoms with Crippen molar-refractivity contribution in [3.63, 3.8) is 0 Å². The van der Waals surface area contributed by atoms with E-state index in [1.54, 1.807) is 18.2 Å². The smallest absolute Gasteiger partial charge is 0.382 e. The highest BCUT2D eigenvalue weighted by Gasteiger charge is 2.56. The number of phenols is 1. The van der Waals surface area contributed by atoms with Crippen LogP contribution in [0, 0.1) is 0 Å². The molecule has 1 aromatic carbocycles. The zero-order valence-corrected chi connectivity index (χ0v) is 19.3. The first kappa shape index (κ1) is 27.8. The van der Waals surface area contributed by atoms with E-state index in [2.05, 4.69) is 11.5 Å². The Morgan fingerprint density at radius 1 is 1.16 bits per heavy atom. The number of carbonyl (C=O) groups is 2. The molecule has 6 N–H and O–H groups in total. The van der Waals surface area contributed by atoms with E-state index >= 15 is 0 Å². The number of ether oxygens (including phenoxy) is 3. The zero-order valence-electron chi connectivity index (χ0n) is 19.3. The molecule has 0 unspecified atom stereocenters. The molecule has 0 amide bonds. The predicted molar refractivity (Wildman–Crippen MR) is 118 cm³/mol. The molecule has 0 radical (unpaired) electrons. The van der Waals surface area contributed by atoms with Crippen LogP contribution in [0.25, 0.3) is 0 Å². The topological polar surface area (TPSA) is 211 Å².